The summed E-state index contributed by atoms with van der Waals surface area (Å²) in [5.41, 5.74) is 9.25. The molecular formula is C19H19ClN4O2. The number of ether oxygens (including phenoxy) is 1. The molecule has 0 aliphatic heterocycles. The number of aromatic amines is 1. The maximum Gasteiger partial charge on any atom is 0.241 e. The number of hydrogen-bond donors (Lipinski definition) is 3. The van der Waals surface area contributed by atoms with E-state index in [2.05, 4.69) is 15.5 Å². The van der Waals surface area contributed by atoms with Crippen molar-refractivity contribution in [2.75, 3.05) is 12.4 Å². The Labute approximate surface area is 156 Å². The lowest BCUT2D eigenvalue weighted by Gasteiger charge is -2.15. The number of benzene rings is 2. The van der Waals surface area contributed by atoms with Crippen LogP contribution in [0.4, 0.5) is 5.69 Å². The number of amides is 1. The average Bonchev–Trinajstić information content (AvgIpc) is 3.18. The van der Waals surface area contributed by atoms with E-state index in [1.807, 2.05) is 24.3 Å². The van der Waals surface area contributed by atoms with Gasteiger partial charge in [0.15, 0.2) is 0 Å². The van der Waals surface area contributed by atoms with Crippen molar-refractivity contribution in [3.63, 3.8) is 0 Å². The van der Waals surface area contributed by atoms with Gasteiger partial charge in [-0.05, 0) is 30.2 Å². The van der Waals surface area contributed by atoms with Crippen molar-refractivity contribution in [1.82, 2.24) is 10.2 Å². The van der Waals surface area contributed by atoms with Crippen molar-refractivity contribution in [2.45, 2.75) is 12.5 Å². The third kappa shape index (κ3) is 4.04. The fourth-order valence-electron chi connectivity index (χ4n) is 2.63. The maximum absolute atomic E-state index is 12.4. The second-order valence-corrected chi connectivity index (χ2v) is 6.20. The molecule has 0 aliphatic rings. The summed E-state index contributed by atoms with van der Waals surface area (Å²) in [4.78, 5) is 12.4. The molecule has 1 atom stereocenters. The summed E-state index contributed by atoms with van der Waals surface area (Å²) in [6.07, 6.45) is 3.83. The molecule has 134 valence electrons. The van der Waals surface area contributed by atoms with Gasteiger partial charge in [0, 0.05) is 34.1 Å². The van der Waals surface area contributed by atoms with Crippen LogP contribution in [0.25, 0.3) is 11.1 Å². The predicted octanol–water partition coefficient (Wildman–Crippen LogP) is 3.25. The summed E-state index contributed by atoms with van der Waals surface area (Å²) in [5, 5.41) is 10.1. The van der Waals surface area contributed by atoms with Crippen LogP contribution < -0.4 is 15.8 Å². The molecule has 0 radical (unpaired) electrons. The van der Waals surface area contributed by atoms with Crippen LogP contribution in [0, 0.1) is 0 Å². The Bertz CT molecular complexity index is 896. The number of carbonyl (C=O) groups excluding carboxylic acids is 1. The Morgan fingerprint density at radius 3 is 2.85 bits per heavy atom. The standard InChI is InChI=1S/C19H19ClN4O2/c1-26-18-9-14(6-7-15(18)13-10-22-23-11-13)24-19(25)17(21)8-12-4-2-3-5-16(12)20/h2-7,9-11,17H,8,21H2,1H3,(H,22,23)(H,24,25)/t17-/m1/s1. The number of methoxy groups -OCH3 is 1. The lowest BCUT2D eigenvalue weighted by molar-refractivity contribution is -0.117. The number of hydrogen-bond acceptors (Lipinski definition) is 4. The van der Waals surface area contributed by atoms with Gasteiger partial charge in [-0.2, -0.15) is 5.10 Å². The normalized spacial score (nSPS) is 11.8. The molecule has 6 nitrogen and oxygen atoms in total. The minimum Gasteiger partial charge on any atom is -0.496 e. The Morgan fingerprint density at radius 1 is 1.35 bits per heavy atom. The summed E-state index contributed by atoms with van der Waals surface area (Å²) in [5.74, 6) is 0.340. The molecule has 4 N–H and O–H groups in total. The highest BCUT2D eigenvalue weighted by Crippen LogP contribution is 2.31. The van der Waals surface area contributed by atoms with Gasteiger partial charge in [0.05, 0.1) is 19.3 Å². The molecular weight excluding hydrogens is 352 g/mol. The third-order valence-electron chi connectivity index (χ3n) is 4.01. The van der Waals surface area contributed by atoms with Crippen LogP contribution in [0.5, 0.6) is 5.75 Å². The van der Waals surface area contributed by atoms with Crippen LogP contribution in [0.3, 0.4) is 0 Å². The fraction of sp³-hybridized carbons (Fsp3) is 0.158. The molecule has 7 heteroatoms. The Kier molecular flexibility index (Phi) is 5.55. The lowest BCUT2D eigenvalue weighted by Crippen LogP contribution is -2.37. The summed E-state index contributed by atoms with van der Waals surface area (Å²) >= 11 is 6.13. The first-order chi connectivity index (χ1) is 12.6. The number of nitrogens with zero attached hydrogens (tertiary/aromatic N) is 1. The van der Waals surface area contributed by atoms with Gasteiger partial charge in [0.2, 0.25) is 5.91 Å². The van der Waals surface area contributed by atoms with Crippen molar-refractivity contribution < 1.29 is 9.53 Å². The topological polar surface area (TPSA) is 93.0 Å². The molecule has 1 amide bonds. The van der Waals surface area contributed by atoms with Crippen LogP contribution in [0.2, 0.25) is 5.02 Å². The van der Waals surface area contributed by atoms with Crippen molar-refractivity contribution >= 4 is 23.2 Å². The molecule has 0 bridgehead atoms. The van der Waals surface area contributed by atoms with E-state index in [-0.39, 0.29) is 5.91 Å². The fourth-order valence-corrected chi connectivity index (χ4v) is 2.85. The monoisotopic (exact) mass is 370 g/mol. The molecule has 0 saturated carbocycles. The molecule has 3 aromatic rings. The molecule has 3 rings (SSSR count). The van der Waals surface area contributed by atoms with E-state index in [0.29, 0.717) is 22.9 Å². The van der Waals surface area contributed by atoms with Crippen LogP contribution in [-0.4, -0.2) is 29.3 Å². The van der Waals surface area contributed by atoms with E-state index in [4.69, 9.17) is 22.1 Å². The van der Waals surface area contributed by atoms with Gasteiger partial charge in [-0.1, -0.05) is 29.8 Å². The summed E-state index contributed by atoms with van der Waals surface area (Å²) in [6.45, 7) is 0. The molecule has 0 unspecified atom stereocenters. The van der Waals surface area contributed by atoms with Crippen LogP contribution in [0.15, 0.2) is 54.9 Å². The van der Waals surface area contributed by atoms with Crippen LogP contribution in [-0.2, 0) is 11.2 Å². The van der Waals surface area contributed by atoms with Gasteiger partial charge in [-0.3, -0.25) is 9.89 Å². The smallest absolute Gasteiger partial charge is 0.241 e. The van der Waals surface area contributed by atoms with E-state index in [0.717, 1.165) is 16.7 Å². The third-order valence-corrected chi connectivity index (χ3v) is 4.38. The molecule has 0 spiro atoms. The van der Waals surface area contributed by atoms with Crippen molar-refractivity contribution in [3.8, 4) is 16.9 Å². The van der Waals surface area contributed by atoms with Crippen LogP contribution >= 0.6 is 11.6 Å². The number of nitrogens with two attached hydrogens (primary N) is 1. The Balaban J connectivity index is 1.72. The van der Waals surface area contributed by atoms with Gasteiger partial charge >= 0.3 is 0 Å². The van der Waals surface area contributed by atoms with Gasteiger partial charge < -0.3 is 15.8 Å². The Hall–Kier alpha value is -2.83. The first-order valence-electron chi connectivity index (χ1n) is 8.05. The molecule has 1 aromatic heterocycles. The van der Waals surface area contributed by atoms with Crippen molar-refractivity contribution in [2.24, 2.45) is 5.73 Å². The molecule has 0 fully saturated rings. The van der Waals surface area contributed by atoms with Gasteiger partial charge in [-0.15, -0.1) is 0 Å². The largest absolute Gasteiger partial charge is 0.496 e. The number of halogens is 1. The quantitative estimate of drug-likeness (QED) is 0.621. The maximum atomic E-state index is 12.4. The first-order valence-corrected chi connectivity index (χ1v) is 8.43. The van der Waals surface area contributed by atoms with Crippen LogP contribution in [0.1, 0.15) is 5.56 Å². The summed E-state index contributed by atoms with van der Waals surface area (Å²) in [6, 6.07) is 12.0. The van der Waals surface area contributed by atoms with E-state index in [9.17, 15) is 4.79 Å². The highest BCUT2D eigenvalue weighted by molar-refractivity contribution is 6.31. The summed E-state index contributed by atoms with van der Waals surface area (Å²) < 4.78 is 5.42. The van der Waals surface area contributed by atoms with Crippen molar-refractivity contribution in [1.29, 1.82) is 0 Å². The second-order valence-electron chi connectivity index (χ2n) is 5.79. The highest BCUT2D eigenvalue weighted by Gasteiger charge is 2.17. The zero-order valence-corrected chi connectivity index (χ0v) is 15.0. The second kappa shape index (κ2) is 8.03. The first kappa shape index (κ1) is 18.0. The van der Waals surface area contributed by atoms with Gasteiger partial charge in [-0.25, -0.2) is 0 Å². The number of rotatable bonds is 6. The lowest BCUT2D eigenvalue weighted by atomic mass is 10.1. The number of anilines is 1. The molecule has 1 heterocycles. The van der Waals surface area contributed by atoms with E-state index < -0.39 is 6.04 Å². The minimum absolute atomic E-state index is 0.289. The summed E-state index contributed by atoms with van der Waals surface area (Å²) in [7, 11) is 1.58. The van der Waals surface area contributed by atoms with E-state index in [1.54, 1.807) is 37.7 Å². The highest BCUT2D eigenvalue weighted by atomic mass is 35.5. The van der Waals surface area contributed by atoms with Gasteiger partial charge in [0.1, 0.15) is 5.75 Å². The van der Waals surface area contributed by atoms with E-state index in [1.165, 1.54) is 0 Å². The zero-order valence-electron chi connectivity index (χ0n) is 14.2. The number of nitrogens with one attached hydrogen (secondary N) is 2. The molecule has 26 heavy (non-hydrogen) atoms. The number of aromatic nitrogens is 2. The number of carbonyl (C=O) groups is 1. The zero-order chi connectivity index (χ0) is 18.5. The molecule has 0 aliphatic carbocycles. The average molecular weight is 371 g/mol. The van der Waals surface area contributed by atoms with E-state index >= 15 is 0 Å². The SMILES string of the molecule is COc1cc(NC(=O)[C@H](N)Cc2ccccc2Cl)ccc1-c1cn[nH]c1. The van der Waals surface area contributed by atoms with Gasteiger partial charge in [0.25, 0.3) is 0 Å². The Morgan fingerprint density at radius 2 is 2.15 bits per heavy atom. The minimum atomic E-state index is -0.713. The molecule has 0 saturated heterocycles. The van der Waals surface area contributed by atoms with Crippen molar-refractivity contribution in [3.05, 3.63) is 65.4 Å². The number of H-pyrrole nitrogens is 1. The molecule has 2 aromatic carbocycles. The predicted molar refractivity (Wildman–Crippen MR) is 102 cm³/mol.